The summed E-state index contributed by atoms with van der Waals surface area (Å²) in [6, 6.07) is 12.6. The number of H-pyrrole nitrogens is 1. The Balaban J connectivity index is 1.83. The van der Waals surface area contributed by atoms with Crippen molar-refractivity contribution in [2.75, 3.05) is 12.4 Å². The van der Waals surface area contributed by atoms with Crippen molar-refractivity contribution in [1.82, 2.24) is 20.3 Å². The molecular formula is C22H19N5O2. The third kappa shape index (κ3) is 3.58. The predicted molar refractivity (Wildman–Crippen MR) is 113 cm³/mol. The number of pyridine rings is 3. The summed E-state index contributed by atoms with van der Waals surface area (Å²) in [7, 11) is 1.59. The number of nitrogens with zero attached hydrogens (tertiary/aromatic N) is 2. The van der Waals surface area contributed by atoms with Gasteiger partial charge < -0.3 is 15.6 Å². The van der Waals surface area contributed by atoms with Crippen LogP contribution in [0, 0.1) is 6.92 Å². The molecule has 0 unspecified atom stereocenters. The van der Waals surface area contributed by atoms with Crippen molar-refractivity contribution in [2.45, 2.75) is 6.92 Å². The molecule has 4 aromatic rings. The smallest absolute Gasteiger partial charge is 0.259 e. The monoisotopic (exact) mass is 385 g/mol. The van der Waals surface area contributed by atoms with Crippen LogP contribution in [0.4, 0.5) is 11.5 Å². The highest BCUT2D eigenvalue weighted by atomic mass is 16.1. The van der Waals surface area contributed by atoms with Crippen molar-refractivity contribution < 1.29 is 4.79 Å². The van der Waals surface area contributed by atoms with Crippen molar-refractivity contribution in [3.8, 4) is 11.3 Å². The molecule has 0 aliphatic carbocycles. The van der Waals surface area contributed by atoms with Gasteiger partial charge in [-0.25, -0.2) is 4.98 Å². The molecule has 0 radical (unpaired) electrons. The van der Waals surface area contributed by atoms with E-state index >= 15 is 0 Å². The molecule has 0 spiro atoms. The van der Waals surface area contributed by atoms with E-state index in [4.69, 9.17) is 4.98 Å². The third-order valence-corrected chi connectivity index (χ3v) is 4.71. The molecular weight excluding hydrogens is 366 g/mol. The molecule has 144 valence electrons. The maximum Gasteiger partial charge on any atom is 0.259 e. The molecule has 0 aliphatic heterocycles. The summed E-state index contributed by atoms with van der Waals surface area (Å²) in [6.45, 7) is 1.99. The summed E-state index contributed by atoms with van der Waals surface area (Å²) in [5.74, 6) is 0.279. The maximum atomic E-state index is 12.5. The highest BCUT2D eigenvalue weighted by Crippen LogP contribution is 2.29. The molecule has 1 amide bonds. The van der Waals surface area contributed by atoms with Crippen LogP contribution in [-0.4, -0.2) is 27.9 Å². The second-order valence-electron chi connectivity index (χ2n) is 6.60. The van der Waals surface area contributed by atoms with E-state index in [1.165, 1.54) is 0 Å². The Morgan fingerprint density at radius 3 is 2.62 bits per heavy atom. The zero-order chi connectivity index (χ0) is 20.4. The Morgan fingerprint density at radius 2 is 1.90 bits per heavy atom. The number of hydrogen-bond donors (Lipinski definition) is 3. The number of rotatable bonds is 4. The number of benzene rings is 1. The lowest BCUT2D eigenvalue weighted by Gasteiger charge is -2.12. The average molecular weight is 385 g/mol. The van der Waals surface area contributed by atoms with Gasteiger partial charge in [-0.1, -0.05) is 0 Å². The molecule has 7 heteroatoms. The number of aromatic amines is 1. The van der Waals surface area contributed by atoms with Crippen molar-refractivity contribution in [3.05, 3.63) is 82.5 Å². The SMILES string of the molecule is CNC(=O)c1ccc(Nc2nc(-c3cnccc3C)cc3cc[nH]c(=O)c23)cc1. The topological polar surface area (TPSA) is 99.8 Å². The second-order valence-corrected chi connectivity index (χ2v) is 6.60. The number of carbonyl (C=O) groups excluding carboxylic acids is 1. The van der Waals surface area contributed by atoms with E-state index in [1.54, 1.807) is 49.9 Å². The molecule has 3 aromatic heterocycles. The molecule has 0 fully saturated rings. The summed E-state index contributed by atoms with van der Waals surface area (Å²) in [4.78, 5) is 35.8. The molecule has 1 aromatic carbocycles. The molecule has 3 heterocycles. The lowest BCUT2D eigenvalue weighted by Crippen LogP contribution is -2.17. The van der Waals surface area contributed by atoms with Crippen LogP contribution >= 0.6 is 0 Å². The number of amides is 1. The van der Waals surface area contributed by atoms with E-state index in [2.05, 4.69) is 20.6 Å². The van der Waals surface area contributed by atoms with Crippen molar-refractivity contribution in [3.63, 3.8) is 0 Å². The van der Waals surface area contributed by atoms with Crippen LogP contribution < -0.4 is 16.2 Å². The Morgan fingerprint density at radius 1 is 1.10 bits per heavy atom. The summed E-state index contributed by atoms with van der Waals surface area (Å²) in [5.41, 5.74) is 3.70. The molecule has 3 N–H and O–H groups in total. The fourth-order valence-electron chi connectivity index (χ4n) is 3.16. The largest absolute Gasteiger partial charge is 0.355 e. The quantitative estimate of drug-likeness (QED) is 0.500. The second kappa shape index (κ2) is 7.55. The Bertz CT molecular complexity index is 1260. The van der Waals surface area contributed by atoms with Crippen LogP contribution in [0.1, 0.15) is 15.9 Å². The number of hydrogen-bond acceptors (Lipinski definition) is 5. The molecule has 0 saturated heterocycles. The molecule has 0 atom stereocenters. The minimum absolute atomic E-state index is 0.161. The first-order valence-electron chi connectivity index (χ1n) is 9.09. The zero-order valence-electron chi connectivity index (χ0n) is 16.0. The molecule has 0 saturated carbocycles. The highest BCUT2D eigenvalue weighted by molar-refractivity contribution is 5.96. The molecule has 4 rings (SSSR count). The standard InChI is InChI=1S/C22H19N5O2/c1-13-7-9-24-12-17(13)18-11-15-8-10-25-22(29)19(15)20(27-18)26-16-5-3-14(4-6-16)21(28)23-2/h3-12H,1-2H3,(H,23,28)(H,25,29)(H,26,27). The van der Waals surface area contributed by atoms with Crippen LogP contribution in [0.5, 0.6) is 0 Å². The first-order valence-corrected chi connectivity index (χ1v) is 9.09. The van der Waals surface area contributed by atoms with Gasteiger partial charge in [-0.2, -0.15) is 0 Å². The molecule has 7 nitrogen and oxygen atoms in total. The lowest BCUT2D eigenvalue weighted by atomic mass is 10.1. The van der Waals surface area contributed by atoms with Gasteiger partial charge in [0.25, 0.3) is 11.5 Å². The fraction of sp³-hybridized carbons (Fsp3) is 0.0909. The van der Waals surface area contributed by atoms with Crippen LogP contribution in [0.25, 0.3) is 22.0 Å². The van der Waals surface area contributed by atoms with Gasteiger partial charge in [0.2, 0.25) is 0 Å². The highest BCUT2D eigenvalue weighted by Gasteiger charge is 2.13. The van der Waals surface area contributed by atoms with E-state index in [0.717, 1.165) is 27.9 Å². The lowest BCUT2D eigenvalue weighted by molar-refractivity contribution is 0.0963. The number of carbonyl (C=O) groups is 1. The third-order valence-electron chi connectivity index (χ3n) is 4.71. The van der Waals surface area contributed by atoms with Gasteiger partial charge in [-0.05, 0) is 60.3 Å². The van der Waals surface area contributed by atoms with Gasteiger partial charge >= 0.3 is 0 Å². The Kier molecular flexibility index (Phi) is 4.78. The van der Waals surface area contributed by atoms with E-state index in [-0.39, 0.29) is 11.5 Å². The molecule has 29 heavy (non-hydrogen) atoms. The van der Waals surface area contributed by atoms with E-state index in [0.29, 0.717) is 16.8 Å². The van der Waals surface area contributed by atoms with E-state index < -0.39 is 0 Å². The number of anilines is 2. The Labute approximate surface area is 166 Å². The average Bonchev–Trinajstić information content (AvgIpc) is 2.74. The first kappa shape index (κ1) is 18.4. The van der Waals surface area contributed by atoms with Gasteiger partial charge in [0.15, 0.2) is 0 Å². The summed E-state index contributed by atoms with van der Waals surface area (Å²) in [5, 5.41) is 7.04. The predicted octanol–water partition coefficient (Wildman–Crippen LogP) is 3.40. The summed E-state index contributed by atoms with van der Waals surface area (Å²) < 4.78 is 0. The maximum absolute atomic E-state index is 12.5. The number of nitrogens with one attached hydrogen (secondary N) is 3. The van der Waals surface area contributed by atoms with Gasteiger partial charge in [0.05, 0.1) is 11.1 Å². The summed E-state index contributed by atoms with van der Waals surface area (Å²) in [6.07, 6.45) is 5.11. The molecule has 0 aliphatic rings. The Hall–Kier alpha value is -4.00. The van der Waals surface area contributed by atoms with Gasteiger partial charge in [0.1, 0.15) is 5.82 Å². The van der Waals surface area contributed by atoms with E-state index in [1.807, 2.05) is 25.1 Å². The van der Waals surface area contributed by atoms with Crippen LogP contribution in [0.15, 0.2) is 65.8 Å². The fourth-order valence-corrected chi connectivity index (χ4v) is 3.16. The number of aromatic nitrogens is 3. The van der Waals surface area contributed by atoms with E-state index in [9.17, 15) is 9.59 Å². The van der Waals surface area contributed by atoms with Gasteiger partial charge in [-0.15, -0.1) is 0 Å². The van der Waals surface area contributed by atoms with Crippen LogP contribution in [0.3, 0.4) is 0 Å². The van der Waals surface area contributed by atoms with Gasteiger partial charge in [-0.3, -0.25) is 14.6 Å². The number of aryl methyl sites for hydroxylation is 1. The first-order chi connectivity index (χ1) is 14.1. The minimum atomic E-state index is -0.228. The van der Waals surface area contributed by atoms with Crippen molar-refractivity contribution >= 4 is 28.2 Å². The van der Waals surface area contributed by atoms with Crippen molar-refractivity contribution in [2.24, 2.45) is 0 Å². The summed E-state index contributed by atoms with van der Waals surface area (Å²) >= 11 is 0. The zero-order valence-corrected chi connectivity index (χ0v) is 16.0. The van der Waals surface area contributed by atoms with Crippen LogP contribution in [0.2, 0.25) is 0 Å². The normalized spacial score (nSPS) is 10.7. The number of fused-ring (bicyclic) bond motifs is 1. The minimum Gasteiger partial charge on any atom is -0.355 e. The van der Waals surface area contributed by atoms with Gasteiger partial charge in [0, 0.05) is 42.5 Å². The molecule has 0 bridgehead atoms. The van der Waals surface area contributed by atoms with Crippen LogP contribution in [-0.2, 0) is 0 Å². The van der Waals surface area contributed by atoms with Crippen molar-refractivity contribution in [1.29, 1.82) is 0 Å².